The van der Waals surface area contributed by atoms with Gasteiger partial charge in [0.2, 0.25) is 5.30 Å². The van der Waals surface area contributed by atoms with Gasteiger partial charge in [-0.2, -0.15) is 0 Å². The molecule has 0 saturated heterocycles. The molecule has 2 bridgehead atoms. The number of carbonyl (C=O) groups excluding carboxylic acids is 2. The fourth-order valence-corrected chi connectivity index (χ4v) is 2.78. The van der Waals surface area contributed by atoms with Crippen molar-refractivity contribution in [1.29, 1.82) is 0 Å². The second kappa shape index (κ2) is 5.09. The van der Waals surface area contributed by atoms with Gasteiger partial charge in [-0.1, -0.05) is 10.7 Å². The summed E-state index contributed by atoms with van der Waals surface area (Å²) in [5.74, 6) is 0. The number of fused-ring (bicyclic) bond motifs is 2. The van der Waals surface area contributed by atoms with E-state index in [4.69, 9.17) is 0 Å². The van der Waals surface area contributed by atoms with Gasteiger partial charge in [0.25, 0.3) is 0 Å². The third-order valence-corrected chi connectivity index (χ3v) is 3.79. The van der Waals surface area contributed by atoms with Gasteiger partial charge in [-0.3, -0.25) is 0 Å². The van der Waals surface area contributed by atoms with Crippen molar-refractivity contribution in [3.8, 4) is 0 Å². The van der Waals surface area contributed by atoms with Crippen LogP contribution in [0.15, 0.2) is 24.3 Å². The molecule has 1 aromatic rings. The molecule has 1 aliphatic rings. The SMILES string of the molecule is CC(C)(C)NC(=O)OOC(=O)N1c2cccc(c2)[P+]1=O. The maximum atomic E-state index is 12.0. The predicted molar refractivity (Wildman–Crippen MR) is 72.0 cm³/mol. The number of benzene rings is 1. The van der Waals surface area contributed by atoms with E-state index in [-0.39, 0.29) is 0 Å². The molecule has 2 rings (SSSR count). The molecule has 0 aliphatic carbocycles. The first-order valence-corrected chi connectivity index (χ1v) is 7.07. The van der Waals surface area contributed by atoms with Crippen LogP contribution in [-0.2, 0) is 14.3 Å². The molecule has 0 saturated carbocycles. The minimum absolute atomic E-state index is 0.438. The zero-order valence-electron chi connectivity index (χ0n) is 11.2. The number of anilines is 1. The Bertz CT molecular complexity index is 581. The van der Waals surface area contributed by atoms with Gasteiger partial charge in [0.15, 0.2) is 0 Å². The third-order valence-electron chi connectivity index (χ3n) is 2.32. The number of hydrogen-bond acceptors (Lipinski definition) is 5. The Morgan fingerprint density at radius 1 is 1.25 bits per heavy atom. The molecule has 0 aromatic heterocycles. The van der Waals surface area contributed by atoms with Crippen molar-refractivity contribution >= 4 is 31.1 Å². The average molecular weight is 297 g/mol. The van der Waals surface area contributed by atoms with Gasteiger partial charge < -0.3 is 5.32 Å². The van der Waals surface area contributed by atoms with Crippen molar-refractivity contribution in [2.45, 2.75) is 26.3 Å². The fourth-order valence-electron chi connectivity index (χ4n) is 1.58. The number of nitrogens with one attached hydrogen (secondary N) is 1. The largest absolute Gasteiger partial charge is 0.512 e. The van der Waals surface area contributed by atoms with Crippen LogP contribution in [0.2, 0.25) is 0 Å². The average Bonchev–Trinajstić information content (AvgIpc) is 2.55. The van der Waals surface area contributed by atoms with Gasteiger partial charge in [-0.25, -0.2) is 19.4 Å². The molecule has 2 amide bonds. The summed E-state index contributed by atoms with van der Waals surface area (Å²) in [6.07, 6.45) is -1.90. The molecule has 1 heterocycles. The molecule has 0 radical (unpaired) electrons. The van der Waals surface area contributed by atoms with Crippen LogP contribution in [-0.4, -0.2) is 17.7 Å². The molecular weight excluding hydrogens is 283 g/mol. The van der Waals surface area contributed by atoms with Gasteiger partial charge in [0.05, 0.1) is 0 Å². The molecule has 1 aromatic carbocycles. The van der Waals surface area contributed by atoms with Crippen LogP contribution in [0.3, 0.4) is 0 Å². The van der Waals surface area contributed by atoms with Crippen LogP contribution in [0.1, 0.15) is 20.8 Å². The molecule has 0 spiro atoms. The molecular formula is C12H14N2O5P+. The summed E-state index contributed by atoms with van der Waals surface area (Å²) in [6.45, 7) is 5.25. The topological polar surface area (TPSA) is 84.9 Å². The van der Waals surface area contributed by atoms with E-state index in [1.807, 2.05) is 0 Å². The zero-order valence-corrected chi connectivity index (χ0v) is 12.1. The first-order valence-electron chi connectivity index (χ1n) is 5.86. The van der Waals surface area contributed by atoms with E-state index in [1.165, 1.54) is 0 Å². The van der Waals surface area contributed by atoms with E-state index in [2.05, 4.69) is 15.1 Å². The Hall–Kier alpha value is -2.14. The van der Waals surface area contributed by atoms with Crippen LogP contribution in [0.4, 0.5) is 15.3 Å². The summed E-state index contributed by atoms with van der Waals surface area (Å²) in [6, 6.07) is 6.54. The lowest BCUT2D eigenvalue weighted by Crippen LogP contribution is -2.41. The predicted octanol–water partition coefficient (Wildman–Crippen LogP) is 2.45. The number of nitrogens with zero attached hydrogens (tertiary/aromatic N) is 1. The Morgan fingerprint density at radius 3 is 2.55 bits per heavy atom. The Balaban J connectivity index is 1.94. The molecule has 0 fully saturated rings. The van der Waals surface area contributed by atoms with Gasteiger partial charge in [-0.05, 0) is 37.5 Å². The van der Waals surface area contributed by atoms with E-state index in [9.17, 15) is 14.2 Å². The molecule has 7 nitrogen and oxygen atoms in total. The van der Waals surface area contributed by atoms with E-state index in [1.54, 1.807) is 45.0 Å². The van der Waals surface area contributed by atoms with E-state index in [0.717, 1.165) is 4.67 Å². The molecule has 1 N–H and O–H groups in total. The van der Waals surface area contributed by atoms with Gasteiger partial charge in [0.1, 0.15) is 5.69 Å². The molecule has 1 unspecified atom stereocenters. The van der Waals surface area contributed by atoms with Crippen LogP contribution in [0.5, 0.6) is 0 Å². The number of hydrogen-bond donors (Lipinski definition) is 1. The second-order valence-corrected chi connectivity index (χ2v) is 6.66. The van der Waals surface area contributed by atoms with Crippen LogP contribution in [0.25, 0.3) is 0 Å². The monoisotopic (exact) mass is 297 g/mol. The Labute approximate surface area is 116 Å². The maximum absolute atomic E-state index is 12.0. The highest BCUT2D eigenvalue weighted by atomic mass is 31.1. The van der Waals surface area contributed by atoms with E-state index < -0.39 is 25.7 Å². The maximum Gasteiger partial charge on any atom is 0.512 e. The second-order valence-electron chi connectivity index (χ2n) is 5.20. The molecule has 1 aliphatic heterocycles. The van der Waals surface area contributed by atoms with Gasteiger partial charge in [0, 0.05) is 11.6 Å². The minimum atomic E-state index is -2.06. The number of amides is 2. The summed E-state index contributed by atoms with van der Waals surface area (Å²) in [5, 5.41) is 2.97. The van der Waals surface area contributed by atoms with Crippen molar-refractivity contribution in [1.82, 2.24) is 5.32 Å². The summed E-state index contributed by atoms with van der Waals surface area (Å²) in [7, 11) is -2.06. The van der Waals surface area contributed by atoms with Crippen LogP contribution < -0.4 is 15.3 Å². The first-order chi connectivity index (χ1) is 9.28. The van der Waals surface area contributed by atoms with E-state index >= 15 is 0 Å². The van der Waals surface area contributed by atoms with Crippen LogP contribution >= 0.6 is 7.95 Å². The summed E-state index contributed by atoms with van der Waals surface area (Å²) >= 11 is 0. The summed E-state index contributed by atoms with van der Waals surface area (Å²) in [5.41, 5.74) is -0.0806. The summed E-state index contributed by atoms with van der Waals surface area (Å²) in [4.78, 5) is 31.9. The lowest BCUT2D eigenvalue weighted by molar-refractivity contribution is -0.176. The molecule has 8 heteroatoms. The van der Waals surface area contributed by atoms with Crippen molar-refractivity contribution in [2.75, 3.05) is 4.67 Å². The Morgan fingerprint density at radius 2 is 1.95 bits per heavy atom. The van der Waals surface area contributed by atoms with Gasteiger partial charge >= 0.3 is 20.1 Å². The first kappa shape index (κ1) is 14.3. The van der Waals surface area contributed by atoms with Crippen LogP contribution in [0, 0.1) is 0 Å². The quantitative estimate of drug-likeness (QED) is 0.451. The smallest absolute Gasteiger partial charge is 0.314 e. The lowest BCUT2D eigenvalue weighted by atomic mass is 10.1. The van der Waals surface area contributed by atoms with Crippen molar-refractivity contribution < 1.29 is 23.9 Å². The number of carbonyl (C=O) groups is 2. The molecule has 1 atom stereocenters. The van der Waals surface area contributed by atoms with Crippen molar-refractivity contribution in [3.05, 3.63) is 24.3 Å². The highest BCUT2D eigenvalue weighted by Crippen LogP contribution is 2.39. The fraction of sp³-hybridized carbons (Fsp3) is 0.333. The normalized spacial score (nSPS) is 14.9. The lowest BCUT2D eigenvalue weighted by Gasteiger charge is -2.18. The highest BCUT2D eigenvalue weighted by Gasteiger charge is 2.45. The number of rotatable bonds is 0. The zero-order chi connectivity index (χ0) is 14.9. The molecule has 20 heavy (non-hydrogen) atoms. The highest BCUT2D eigenvalue weighted by molar-refractivity contribution is 7.57. The standard InChI is InChI=1S/C12H13N2O5P/c1-12(2,3)13-10(15)18-19-11(16)14-8-5-4-6-9(7-8)20(14)17/h4-7H,1-3H3/p+1. The van der Waals surface area contributed by atoms with E-state index in [0.29, 0.717) is 11.0 Å². The Kier molecular flexibility index (Phi) is 3.63. The summed E-state index contributed by atoms with van der Waals surface area (Å²) < 4.78 is 12.9. The van der Waals surface area contributed by atoms with Crippen molar-refractivity contribution in [2.24, 2.45) is 0 Å². The van der Waals surface area contributed by atoms with Gasteiger partial charge in [-0.15, -0.1) is 0 Å². The molecule has 106 valence electrons. The van der Waals surface area contributed by atoms with Crippen molar-refractivity contribution in [3.63, 3.8) is 0 Å². The third kappa shape index (κ3) is 3.05. The minimum Gasteiger partial charge on any atom is -0.314 e.